The fraction of sp³-hybridized carbons (Fsp3) is 0.556. The van der Waals surface area contributed by atoms with E-state index in [-0.39, 0.29) is 11.1 Å². The zero-order valence-corrected chi connectivity index (χ0v) is 13.5. The Morgan fingerprint density at radius 1 is 1.09 bits per heavy atom. The SMILES string of the molecule is CCCCCCCC(C)COC(=O)c1ccccc1C(=O)O. The standard InChI is InChI=1S/C18H26O4/c1-3-4-5-6-7-10-14(2)13-22-18(21)16-12-9-8-11-15(16)17(19)20/h8-9,11-12,14H,3-7,10,13H2,1-2H3,(H,19,20). The minimum absolute atomic E-state index is 0.0141. The molecule has 1 unspecified atom stereocenters. The monoisotopic (exact) mass is 306 g/mol. The van der Waals surface area contributed by atoms with Gasteiger partial charge in [0.05, 0.1) is 17.7 Å². The summed E-state index contributed by atoms with van der Waals surface area (Å²) in [5, 5.41) is 9.07. The third-order valence-electron chi connectivity index (χ3n) is 3.68. The van der Waals surface area contributed by atoms with E-state index in [1.165, 1.54) is 37.8 Å². The topological polar surface area (TPSA) is 63.6 Å². The van der Waals surface area contributed by atoms with Gasteiger partial charge in [0.2, 0.25) is 0 Å². The lowest BCUT2D eigenvalue weighted by Gasteiger charge is -2.12. The van der Waals surface area contributed by atoms with E-state index in [0.29, 0.717) is 12.5 Å². The number of rotatable bonds is 10. The minimum Gasteiger partial charge on any atom is -0.478 e. The van der Waals surface area contributed by atoms with Crippen molar-refractivity contribution >= 4 is 11.9 Å². The second-order valence-corrected chi connectivity index (χ2v) is 5.76. The van der Waals surface area contributed by atoms with E-state index in [2.05, 4.69) is 13.8 Å². The number of carboxylic acids is 1. The second kappa shape index (κ2) is 9.98. The summed E-state index contributed by atoms with van der Waals surface area (Å²) in [5.41, 5.74) is 0.102. The fourth-order valence-electron chi connectivity index (χ4n) is 2.32. The third kappa shape index (κ3) is 6.29. The molecule has 0 fully saturated rings. The summed E-state index contributed by atoms with van der Waals surface area (Å²) < 4.78 is 5.26. The van der Waals surface area contributed by atoms with Crippen molar-refractivity contribution in [1.82, 2.24) is 0 Å². The highest BCUT2D eigenvalue weighted by Crippen LogP contribution is 2.14. The first kappa shape index (κ1) is 18.2. The molecule has 4 heteroatoms. The van der Waals surface area contributed by atoms with Crippen LogP contribution in [0.4, 0.5) is 0 Å². The van der Waals surface area contributed by atoms with Crippen molar-refractivity contribution in [2.75, 3.05) is 6.61 Å². The average molecular weight is 306 g/mol. The van der Waals surface area contributed by atoms with Crippen molar-refractivity contribution in [3.05, 3.63) is 35.4 Å². The Kier molecular flexibility index (Phi) is 8.26. The normalized spacial score (nSPS) is 11.9. The molecule has 0 radical (unpaired) electrons. The van der Waals surface area contributed by atoms with E-state index < -0.39 is 11.9 Å². The highest BCUT2D eigenvalue weighted by atomic mass is 16.5. The smallest absolute Gasteiger partial charge is 0.339 e. The highest BCUT2D eigenvalue weighted by molar-refractivity contribution is 6.02. The summed E-state index contributed by atoms with van der Waals surface area (Å²) in [4.78, 5) is 23.1. The fourth-order valence-corrected chi connectivity index (χ4v) is 2.32. The number of hydrogen-bond donors (Lipinski definition) is 1. The molecule has 0 aromatic heterocycles. The molecule has 0 aliphatic rings. The van der Waals surface area contributed by atoms with Gasteiger partial charge in [-0.1, -0.05) is 58.1 Å². The number of esters is 1. The predicted molar refractivity (Wildman–Crippen MR) is 86.2 cm³/mol. The van der Waals surface area contributed by atoms with E-state index in [4.69, 9.17) is 9.84 Å². The van der Waals surface area contributed by atoms with Gasteiger partial charge >= 0.3 is 11.9 Å². The molecule has 0 aliphatic heterocycles. The molecule has 1 aromatic rings. The van der Waals surface area contributed by atoms with Crippen LogP contribution in [0.2, 0.25) is 0 Å². The van der Waals surface area contributed by atoms with Gasteiger partial charge in [-0.2, -0.15) is 0 Å². The van der Waals surface area contributed by atoms with Crippen LogP contribution in [0.25, 0.3) is 0 Å². The maximum absolute atomic E-state index is 12.0. The molecule has 1 aromatic carbocycles. The average Bonchev–Trinajstić information content (AvgIpc) is 2.52. The Labute approximate surface area is 132 Å². The van der Waals surface area contributed by atoms with Gasteiger partial charge in [0.25, 0.3) is 0 Å². The van der Waals surface area contributed by atoms with Gasteiger partial charge in [-0.05, 0) is 24.5 Å². The van der Waals surface area contributed by atoms with E-state index in [1.807, 2.05) is 0 Å². The zero-order chi connectivity index (χ0) is 16.4. The highest BCUT2D eigenvalue weighted by Gasteiger charge is 2.17. The van der Waals surface area contributed by atoms with Crippen molar-refractivity contribution in [2.24, 2.45) is 5.92 Å². The van der Waals surface area contributed by atoms with Crippen molar-refractivity contribution in [3.8, 4) is 0 Å². The summed E-state index contributed by atoms with van der Waals surface area (Å²) in [5.74, 6) is -1.38. The first-order chi connectivity index (χ1) is 10.6. The lowest BCUT2D eigenvalue weighted by atomic mass is 10.0. The number of carbonyl (C=O) groups is 2. The van der Waals surface area contributed by atoms with Crippen molar-refractivity contribution in [2.45, 2.75) is 52.4 Å². The molecule has 4 nitrogen and oxygen atoms in total. The van der Waals surface area contributed by atoms with Crippen LogP contribution in [-0.4, -0.2) is 23.7 Å². The molecule has 1 rings (SSSR count). The molecule has 0 aliphatic carbocycles. The van der Waals surface area contributed by atoms with Crippen LogP contribution < -0.4 is 0 Å². The van der Waals surface area contributed by atoms with Crippen LogP contribution >= 0.6 is 0 Å². The largest absolute Gasteiger partial charge is 0.478 e. The predicted octanol–water partition coefficient (Wildman–Crippen LogP) is 4.54. The Morgan fingerprint density at radius 2 is 1.73 bits per heavy atom. The number of unbranched alkanes of at least 4 members (excludes halogenated alkanes) is 4. The van der Waals surface area contributed by atoms with Crippen LogP contribution in [0.5, 0.6) is 0 Å². The van der Waals surface area contributed by atoms with Crippen molar-refractivity contribution in [1.29, 1.82) is 0 Å². The molecular weight excluding hydrogens is 280 g/mol. The molecule has 0 saturated heterocycles. The Morgan fingerprint density at radius 3 is 2.36 bits per heavy atom. The first-order valence-electron chi connectivity index (χ1n) is 8.05. The van der Waals surface area contributed by atoms with Crippen LogP contribution in [-0.2, 0) is 4.74 Å². The second-order valence-electron chi connectivity index (χ2n) is 5.76. The molecule has 0 spiro atoms. The molecule has 1 N–H and O–H groups in total. The van der Waals surface area contributed by atoms with Crippen LogP contribution in [0.1, 0.15) is 73.1 Å². The van der Waals surface area contributed by atoms with E-state index in [1.54, 1.807) is 12.1 Å². The molecule has 122 valence electrons. The number of hydrogen-bond acceptors (Lipinski definition) is 3. The number of benzene rings is 1. The van der Waals surface area contributed by atoms with Crippen LogP contribution in [0.3, 0.4) is 0 Å². The lowest BCUT2D eigenvalue weighted by molar-refractivity contribution is 0.0434. The molecule has 0 amide bonds. The molecule has 22 heavy (non-hydrogen) atoms. The van der Waals surface area contributed by atoms with E-state index in [9.17, 15) is 9.59 Å². The third-order valence-corrected chi connectivity index (χ3v) is 3.68. The van der Waals surface area contributed by atoms with Gasteiger partial charge in [0.1, 0.15) is 0 Å². The van der Waals surface area contributed by atoms with Crippen molar-refractivity contribution < 1.29 is 19.4 Å². The van der Waals surface area contributed by atoms with Gasteiger partial charge in [0.15, 0.2) is 0 Å². The number of carbonyl (C=O) groups excluding carboxylic acids is 1. The van der Waals surface area contributed by atoms with Gasteiger partial charge < -0.3 is 9.84 Å². The summed E-state index contributed by atoms with van der Waals surface area (Å²) in [6, 6.07) is 6.14. The molecule has 0 heterocycles. The van der Waals surface area contributed by atoms with E-state index in [0.717, 1.165) is 12.8 Å². The maximum atomic E-state index is 12.0. The minimum atomic E-state index is -1.11. The van der Waals surface area contributed by atoms with E-state index >= 15 is 0 Å². The quantitative estimate of drug-likeness (QED) is 0.509. The molecule has 0 bridgehead atoms. The van der Waals surface area contributed by atoms with Crippen LogP contribution in [0, 0.1) is 5.92 Å². The number of aromatic carboxylic acids is 1. The van der Waals surface area contributed by atoms with Crippen LogP contribution in [0.15, 0.2) is 24.3 Å². The molecule has 0 saturated carbocycles. The molecular formula is C18H26O4. The first-order valence-corrected chi connectivity index (χ1v) is 8.05. The van der Waals surface area contributed by atoms with Gasteiger partial charge in [0, 0.05) is 0 Å². The molecule has 1 atom stereocenters. The van der Waals surface area contributed by atoms with Gasteiger partial charge in [-0.25, -0.2) is 9.59 Å². The zero-order valence-electron chi connectivity index (χ0n) is 13.5. The maximum Gasteiger partial charge on any atom is 0.339 e. The van der Waals surface area contributed by atoms with Crippen molar-refractivity contribution in [3.63, 3.8) is 0 Å². The summed E-state index contributed by atoms with van der Waals surface area (Å²) >= 11 is 0. The summed E-state index contributed by atoms with van der Waals surface area (Å²) in [6.45, 7) is 4.58. The van der Waals surface area contributed by atoms with Gasteiger partial charge in [-0.3, -0.25) is 0 Å². The Hall–Kier alpha value is -1.84. The lowest BCUT2D eigenvalue weighted by Crippen LogP contribution is -2.15. The summed E-state index contributed by atoms with van der Waals surface area (Å²) in [6.07, 6.45) is 7.15. The number of ether oxygens (including phenoxy) is 1. The Balaban J connectivity index is 2.38. The Bertz CT molecular complexity index is 482. The number of carboxylic acid groups (broad SMARTS) is 1. The van der Waals surface area contributed by atoms with Gasteiger partial charge in [-0.15, -0.1) is 0 Å². The summed E-state index contributed by atoms with van der Waals surface area (Å²) in [7, 11) is 0.